The Labute approximate surface area is 447 Å². The summed E-state index contributed by atoms with van der Waals surface area (Å²) in [6, 6.07) is 106. The first-order valence-electron chi connectivity index (χ1n) is 26.1. The molecule has 0 radical (unpaired) electrons. The topological polar surface area (TPSA) is 38.9 Å². The zero-order valence-electron chi connectivity index (χ0n) is 42.0. The van der Waals surface area contributed by atoms with Crippen molar-refractivity contribution in [1.29, 1.82) is 0 Å². The molecule has 5 nitrogen and oxygen atoms in total. The summed E-state index contributed by atoms with van der Waals surface area (Å²) >= 11 is 0. The molecule has 0 bridgehead atoms. The number of hydrogen-bond donors (Lipinski definition) is 0. The molecule has 0 spiro atoms. The Balaban J connectivity index is 0.804. The van der Waals surface area contributed by atoms with Gasteiger partial charge in [-0.2, -0.15) is 0 Å². The molecule has 0 fully saturated rings. The molecule has 0 atom stereocenters. The van der Waals surface area contributed by atoms with Crippen LogP contribution in [-0.4, -0.2) is 19.1 Å². The molecule has 0 aliphatic carbocycles. The summed E-state index contributed by atoms with van der Waals surface area (Å²) < 4.78 is 4.55. The molecule has 0 saturated carbocycles. The summed E-state index contributed by atoms with van der Waals surface area (Å²) in [5.74, 6) is 1.84. The van der Waals surface area contributed by atoms with Gasteiger partial charge in [0, 0.05) is 50.7 Å². The fraction of sp³-hybridized carbons (Fsp3) is 0. The van der Waals surface area contributed by atoms with Gasteiger partial charge in [0.05, 0.1) is 22.1 Å². The summed E-state index contributed by atoms with van der Waals surface area (Å²) in [6.07, 6.45) is 0. The molecule has 14 rings (SSSR count). The van der Waals surface area contributed by atoms with Crippen molar-refractivity contribution in [3.05, 3.63) is 297 Å². The number of aromatic nitrogens is 4. The van der Waals surface area contributed by atoms with Gasteiger partial charge in [0.15, 0.2) is 0 Å². The maximum absolute atomic E-state index is 5.37. The second-order valence-corrected chi connectivity index (χ2v) is 19.4. The van der Waals surface area contributed by atoms with Crippen LogP contribution in [0.5, 0.6) is 0 Å². The van der Waals surface area contributed by atoms with Crippen LogP contribution in [0.2, 0.25) is 0 Å². The largest absolute Gasteiger partial charge is 0.310 e. The minimum Gasteiger partial charge on any atom is -0.310 e. The Morgan fingerprint density at radius 1 is 0.247 bits per heavy atom. The van der Waals surface area contributed by atoms with Crippen molar-refractivity contribution in [3.8, 4) is 78.7 Å². The van der Waals surface area contributed by atoms with Gasteiger partial charge in [0.1, 0.15) is 11.6 Å². The quantitative estimate of drug-likeness (QED) is 0.130. The maximum atomic E-state index is 5.37. The van der Waals surface area contributed by atoms with Gasteiger partial charge in [-0.25, -0.2) is 9.97 Å². The summed E-state index contributed by atoms with van der Waals surface area (Å²) in [5.41, 5.74) is 20.6. The highest BCUT2D eigenvalue weighted by Gasteiger charge is 2.21. The molecule has 0 amide bonds. The van der Waals surface area contributed by atoms with Crippen LogP contribution in [0, 0.1) is 0 Å². The van der Waals surface area contributed by atoms with E-state index in [2.05, 4.69) is 311 Å². The van der Waals surface area contributed by atoms with E-state index >= 15 is 0 Å². The maximum Gasteiger partial charge on any atom is 0.145 e. The second-order valence-electron chi connectivity index (χ2n) is 19.4. The minimum atomic E-state index is 0.918. The molecule has 12 aromatic carbocycles. The van der Waals surface area contributed by atoms with E-state index in [1.54, 1.807) is 0 Å². The first kappa shape index (κ1) is 45.3. The summed E-state index contributed by atoms with van der Waals surface area (Å²) in [7, 11) is 0. The van der Waals surface area contributed by atoms with Gasteiger partial charge in [-0.1, -0.05) is 212 Å². The van der Waals surface area contributed by atoms with Crippen LogP contribution < -0.4 is 4.90 Å². The van der Waals surface area contributed by atoms with Crippen molar-refractivity contribution in [2.75, 3.05) is 4.90 Å². The van der Waals surface area contributed by atoms with E-state index in [-0.39, 0.29) is 0 Å². The minimum absolute atomic E-state index is 0.918. The van der Waals surface area contributed by atoms with Gasteiger partial charge in [-0.3, -0.25) is 9.13 Å². The first-order valence-corrected chi connectivity index (χ1v) is 26.1. The van der Waals surface area contributed by atoms with Crippen molar-refractivity contribution < 1.29 is 0 Å². The standard InChI is InChI=1S/C72H49N5/c1-5-20-53(21-6-1)71-73-69-65(33-17-35-67(69)76(71)60-29-9-3-10-30-60)58-27-15-25-55(47-58)51-37-42-62(43-38-51)75(64-46-41-50-19-13-14-24-57(50)49-64)63-44-39-52(40-45-63)56-26-16-28-59(48-56)66-34-18-36-68-70(66)74-72(54-22-7-2-8-23-54)77(68)61-31-11-4-12-32-61/h1-49H. The molecule has 0 saturated heterocycles. The van der Waals surface area contributed by atoms with Crippen LogP contribution in [-0.2, 0) is 0 Å². The Morgan fingerprint density at radius 2 is 0.623 bits per heavy atom. The van der Waals surface area contributed by atoms with E-state index in [4.69, 9.17) is 9.97 Å². The van der Waals surface area contributed by atoms with E-state index in [1.165, 1.54) is 10.8 Å². The number of fused-ring (bicyclic) bond motifs is 3. The van der Waals surface area contributed by atoms with E-state index < -0.39 is 0 Å². The lowest BCUT2D eigenvalue weighted by molar-refractivity contribution is 1.10. The molecule has 2 aromatic heterocycles. The van der Waals surface area contributed by atoms with E-state index in [9.17, 15) is 0 Å². The van der Waals surface area contributed by atoms with E-state index in [0.717, 1.165) is 118 Å². The predicted molar refractivity (Wildman–Crippen MR) is 321 cm³/mol. The Morgan fingerprint density at radius 3 is 1.09 bits per heavy atom. The Kier molecular flexibility index (Phi) is 11.5. The molecule has 0 aliphatic rings. The van der Waals surface area contributed by atoms with Crippen molar-refractivity contribution in [1.82, 2.24) is 19.1 Å². The molecule has 362 valence electrons. The Bertz CT molecular complexity index is 4160. The van der Waals surface area contributed by atoms with E-state index in [0.29, 0.717) is 0 Å². The molecule has 0 unspecified atom stereocenters. The normalized spacial score (nSPS) is 11.4. The van der Waals surface area contributed by atoms with Crippen LogP contribution in [0.15, 0.2) is 297 Å². The lowest BCUT2D eigenvalue weighted by Crippen LogP contribution is -2.09. The lowest BCUT2D eigenvalue weighted by Gasteiger charge is -2.26. The predicted octanol–water partition coefficient (Wildman–Crippen LogP) is 19.0. The van der Waals surface area contributed by atoms with Crippen molar-refractivity contribution in [3.63, 3.8) is 0 Å². The molecule has 0 aliphatic heterocycles. The monoisotopic (exact) mass is 983 g/mol. The highest BCUT2D eigenvalue weighted by molar-refractivity contribution is 5.98. The van der Waals surface area contributed by atoms with Crippen molar-refractivity contribution in [2.24, 2.45) is 0 Å². The van der Waals surface area contributed by atoms with Crippen molar-refractivity contribution in [2.45, 2.75) is 0 Å². The average molecular weight is 984 g/mol. The zero-order valence-corrected chi connectivity index (χ0v) is 42.0. The summed E-state index contributed by atoms with van der Waals surface area (Å²) in [4.78, 5) is 13.1. The van der Waals surface area contributed by atoms with Crippen LogP contribution in [0.25, 0.3) is 111 Å². The van der Waals surface area contributed by atoms with Gasteiger partial charge in [-0.15, -0.1) is 0 Å². The third kappa shape index (κ3) is 8.42. The van der Waals surface area contributed by atoms with Gasteiger partial charge >= 0.3 is 0 Å². The van der Waals surface area contributed by atoms with Crippen molar-refractivity contribution >= 4 is 49.9 Å². The number of benzene rings is 12. The number of anilines is 3. The lowest BCUT2D eigenvalue weighted by atomic mass is 9.97. The smallest absolute Gasteiger partial charge is 0.145 e. The zero-order chi connectivity index (χ0) is 51.1. The summed E-state index contributed by atoms with van der Waals surface area (Å²) in [6.45, 7) is 0. The second kappa shape index (κ2) is 19.5. The number of nitrogens with zero attached hydrogens (tertiary/aromatic N) is 5. The third-order valence-corrected chi connectivity index (χ3v) is 14.7. The molecule has 2 heterocycles. The molecule has 0 N–H and O–H groups in total. The summed E-state index contributed by atoms with van der Waals surface area (Å²) in [5, 5.41) is 2.40. The van der Waals surface area contributed by atoms with Crippen LogP contribution in [0.1, 0.15) is 0 Å². The molecule has 77 heavy (non-hydrogen) atoms. The number of para-hydroxylation sites is 4. The van der Waals surface area contributed by atoms with Gasteiger partial charge in [0.2, 0.25) is 0 Å². The van der Waals surface area contributed by atoms with Crippen LogP contribution in [0.4, 0.5) is 17.1 Å². The number of imidazole rings is 2. The number of rotatable bonds is 11. The fourth-order valence-electron chi connectivity index (χ4n) is 11.0. The van der Waals surface area contributed by atoms with Gasteiger partial charge < -0.3 is 4.90 Å². The van der Waals surface area contributed by atoms with Gasteiger partial charge in [0.25, 0.3) is 0 Å². The highest BCUT2D eigenvalue weighted by Crippen LogP contribution is 2.41. The molecule has 14 aromatic rings. The Hall–Kier alpha value is -10.4. The third-order valence-electron chi connectivity index (χ3n) is 14.7. The molecular formula is C72H49N5. The van der Waals surface area contributed by atoms with Gasteiger partial charge in [-0.05, 0) is 129 Å². The SMILES string of the molecule is c1ccc(-c2nc3c(-c4cccc(-c5ccc(N(c6ccc(-c7cccc(-c8cccc9c8nc(-c8ccccc8)n9-c8ccccc8)c7)cc6)c6ccc7ccccc7c6)cc5)c4)cccc3n2-c2ccccc2)cc1. The highest BCUT2D eigenvalue weighted by atomic mass is 15.1. The van der Waals surface area contributed by atoms with Crippen LogP contribution in [0.3, 0.4) is 0 Å². The molecular weight excluding hydrogens is 935 g/mol. The van der Waals surface area contributed by atoms with E-state index in [1.807, 2.05) is 0 Å². The fourth-order valence-corrected chi connectivity index (χ4v) is 11.0. The first-order chi connectivity index (χ1) is 38.2. The average Bonchev–Trinajstić information content (AvgIpc) is 4.20. The number of hydrogen-bond acceptors (Lipinski definition) is 3. The van der Waals surface area contributed by atoms with Crippen LogP contribution >= 0.6 is 0 Å². The molecule has 5 heteroatoms.